The summed E-state index contributed by atoms with van der Waals surface area (Å²) in [6.45, 7) is 6.43. The summed E-state index contributed by atoms with van der Waals surface area (Å²) in [5.74, 6) is 0.546. The van der Waals surface area contributed by atoms with Gasteiger partial charge in [-0.2, -0.15) is 0 Å². The van der Waals surface area contributed by atoms with Crippen LogP contribution >= 0.6 is 7.92 Å². The lowest BCUT2D eigenvalue weighted by Crippen LogP contribution is -2.32. The van der Waals surface area contributed by atoms with Crippen LogP contribution in [-0.4, -0.2) is 10.2 Å². The summed E-state index contributed by atoms with van der Waals surface area (Å²) in [5.41, 5.74) is 4.46. The topological polar surface area (TPSA) is 40.5 Å². The van der Waals surface area contributed by atoms with E-state index in [9.17, 15) is 10.2 Å². The Morgan fingerprint density at radius 3 is 1.32 bits per heavy atom. The highest BCUT2D eigenvalue weighted by atomic mass is 31.1. The highest BCUT2D eigenvalue weighted by Gasteiger charge is 2.41. The maximum absolute atomic E-state index is 10.1. The fourth-order valence-corrected chi connectivity index (χ4v) is 7.85. The normalized spacial score (nSPS) is 11.6. The fourth-order valence-electron chi connectivity index (χ4n) is 4.59. The lowest BCUT2D eigenvalue weighted by molar-refractivity contribution is 0.474. The number of aryl methyl sites for hydroxylation is 2. The van der Waals surface area contributed by atoms with E-state index >= 15 is 0 Å². The molecule has 4 aromatic rings. The lowest BCUT2D eigenvalue weighted by atomic mass is 9.86. The van der Waals surface area contributed by atoms with Crippen molar-refractivity contribution >= 4 is 18.5 Å². The Morgan fingerprint density at radius 2 is 0.968 bits per heavy atom. The molecular formula is C28H27O2P. The molecule has 0 aliphatic carbocycles. The van der Waals surface area contributed by atoms with E-state index in [1.165, 1.54) is 21.7 Å². The minimum Gasteiger partial charge on any atom is -0.508 e. The van der Waals surface area contributed by atoms with Gasteiger partial charge in [-0.05, 0) is 85.8 Å². The molecule has 0 atom stereocenters. The highest BCUT2D eigenvalue weighted by Crippen LogP contribution is 2.59. The molecule has 0 amide bonds. The Bertz CT molecular complexity index is 1100. The van der Waals surface area contributed by atoms with Gasteiger partial charge < -0.3 is 10.2 Å². The SMILES string of the molecule is Cc1cc(O)ccc1C(C)(c1ccc(O)cc1C)P(c1ccccc1)c1ccccc1. The van der Waals surface area contributed by atoms with Crippen molar-refractivity contribution in [3.05, 3.63) is 119 Å². The molecule has 0 unspecified atom stereocenters. The maximum atomic E-state index is 10.1. The van der Waals surface area contributed by atoms with E-state index in [4.69, 9.17) is 0 Å². The standard InChI is InChI=1S/C28H27O2P/c1-20-18-22(29)14-16-26(20)28(3,27-17-15-23(30)19-21(27)2)31(24-10-6-4-7-11-24)25-12-8-5-9-13-25/h4-19,29-30H,1-3H3. The van der Waals surface area contributed by atoms with Crippen LogP contribution in [0.4, 0.5) is 0 Å². The zero-order valence-corrected chi connectivity index (χ0v) is 19.0. The monoisotopic (exact) mass is 426 g/mol. The number of hydrogen-bond donors (Lipinski definition) is 2. The zero-order chi connectivity index (χ0) is 22.0. The predicted molar refractivity (Wildman–Crippen MR) is 131 cm³/mol. The molecule has 0 aromatic heterocycles. The van der Waals surface area contributed by atoms with E-state index in [-0.39, 0.29) is 16.7 Å². The van der Waals surface area contributed by atoms with E-state index < -0.39 is 7.92 Å². The molecule has 0 saturated heterocycles. The van der Waals surface area contributed by atoms with Gasteiger partial charge in [0.25, 0.3) is 0 Å². The van der Waals surface area contributed by atoms with Gasteiger partial charge in [0.1, 0.15) is 11.5 Å². The number of phenols is 2. The molecule has 4 aromatic carbocycles. The van der Waals surface area contributed by atoms with Crippen LogP contribution in [0.2, 0.25) is 0 Å². The van der Waals surface area contributed by atoms with Crippen molar-refractivity contribution in [2.24, 2.45) is 0 Å². The molecule has 0 saturated carbocycles. The molecule has 0 radical (unpaired) electrons. The van der Waals surface area contributed by atoms with Crippen molar-refractivity contribution in [2.45, 2.75) is 25.9 Å². The molecule has 0 heterocycles. The largest absolute Gasteiger partial charge is 0.508 e. The van der Waals surface area contributed by atoms with Gasteiger partial charge in [-0.15, -0.1) is 0 Å². The third-order valence-corrected chi connectivity index (χ3v) is 8.95. The van der Waals surface area contributed by atoms with Crippen LogP contribution in [0.25, 0.3) is 0 Å². The summed E-state index contributed by atoms with van der Waals surface area (Å²) in [6, 6.07) is 32.7. The molecule has 0 aliphatic heterocycles. The van der Waals surface area contributed by atoms with Gasteiger partial charge in [0.2, 0.25) is 0 Å². The van der Waals surface area contributed by atoms with Gasteiger partial charge in [-0.1, -0.05) is 72.8 Å². The second-order valence-electron chi connectivity index (χ2n) is 8.08. The summed E-state index contributed by atoms with van der Waals surface area (Å²) < 4.78 is 0. The van der Waals surface area contributed by atoms with Gasteiger partial charge in [0, 0.05) is 5.16 Å². The highest BCUT2D eigenvalue weighted by molar-refractivity contribution is 7.74. The van der Waals surface area contributed by atoms with E-state index in [0.717, 1.165) is 11.1 Å². The molecule has 3 heteroatoms. The predicted octanol–water partition coefficient (Wildman–Crippen LogP) is 6.11. The molecule has 0 aliphatic rings. The van der Waals surface area contributed by atoms with Gasteiger partial charge in [-0.25, -0.2) is 0 Å². The number of aromatic hydroxyl groups is 2. The van der Waals surface area contributed by atoms with Gasteiger partial charge in [-0.3, -0.25) is 0 Å². The first-order chi connectivity index (χ1) is 14.9. The summed E-state index contributed by atoms with van der Waals surface area (Å²) in [7, 11) is -0.864. The second kappa shape index (κ2) is 8.57. The summed E-state index contributed by atoms with van der Waals surface area (Å²) >= 11 is 0. The Morgan fingerprint density at radius 1 is 0.581 bits per heavy atom. The third kappa shape index (κ3) is 3.96. The van der Waals surface area contributed by atoms with Crippen molar-refractivity contribution in [1.29, 1.82) is 0 Å². The van der Waals surface area contributed by atoms with Crippen molar-refractivity contribution < 1.29 is 10.2 Å². The first kappa shape index (κ1) is 21.2. The Balaban J connectivity index is 2.09. The molecule has 0 bridgehead atoms. The van der Waals surface area contributed by atoms with Crippen LogP contribution in [0.1, 0.15) is 29.2 Å². The van der Waals surface area contributed by atoms with Crippen LogP contribution in [0.5, 0.6) is 11.5 Å². The third-order valence-electron chi connectivity index (χ3n) is 5.94. The van der Waals surface area contributed by atoms with Crippen LogP contribution < -0.4 is 10.6 Å². The van der Waals surface area contributed by atoms with Crippen LogP contribution in [-0.2, 0) is 5.16 Å². The summed E-state index contributed by atoms with van der Waals surface area (Å²) in [5, 5.41) is 22.4. The van der Waals surface area contributed by atoms with E-state index in [2.05, 4.69) is 93.6 Å². The summed E-state index contributed by atoms with van der Waals surface area (Å²) in [6.07, 6.45) is 0. The maximum Gasteiger partial charge on any atom is 0.115 e. The first-order valence-electron chi connectivity index (χ1n) is 10.4. The van der Waals surface area contributed by atoms with Gasteiger partial charge in [0.05, 0.1) is 0 Å². The van der Waals surface area contributed by atoms with Crippen molar-refractivity contribution in [3.63, 3.8) is 0 Å². The smallest absolute Gasteiger partial charge is 0.115 e. The number of phenolic OH excluding ortho intramolecular Hbond substituents is 2. The molecule has 2 nitrogen and oxygen atoms in total. The number of benzene rings is 4. The molecule has 4 rings (SSSR count). The number of hydrogen-bond acceptors (Lipinski definition) is 2. The summed E-state index contributed by atoms with van der Waals surface area (Å²) in [4.78, 5) is 0. The molecular weight excluding hydrogens is 399 g/mol. The Kier molecular flexibility index (Phi) is 5.85. The average molecular weight is 426 g/mol. The lowest BCUT2D eigenvalue weighted by Gasteiger charge is -2.42. The van der Waals surface area contributed by atoms with Crippen LogP contribution in [0.3, 0.4) is 0 Å². The minimum absolute atomic E-state index is 0.273. The van der Waals surface area contributed by atoms with Crippen molar-refractivity contribution in [3.8, 4) is 11.5 Å². The van der Waals surface area contributed by atoms with E-state index in [1.54, 1.807) is 12.1 Å². The zero-order valence-electron chi connectivity index (χ0n) is 18.1. The second-order valence-corrected chi connectivity index (χ2v) is 10.7. The average Bonchev–Trinajstić information content (AvgIpc) is 2.75. The minimum atomic E-state index is -0.864. The first-order valence-corrected chi connectivity index (χ1v) is 11.8. The van der Waals surface area contributed by atoms with Crippen LogP contribution in [0.15, 0.2) is 97.1 Å². The van der Waals surface area contributed by atoms with Crippen molar-refractivity contribution in [2.75, 3.05) is 0 Å². The molecule has 0 fully saturated rings. The van der Waals surface area contributed by atoms with Gasteiger partial charge >= 0.3 is 0 Å². The van der Waals surface area contributed by atoms with E-state index in [1.807, 2.05) is 12.1 Å². The molecule has 2 N–H and O–H groups in total. The number of rotatable bonds is 5. The molecule has 0 spiro atoms. The quantitative estimate of drug-likeness (QED) is 0.378. The molecule has 31 heavy (non-hydrogen) atoms. The van der Waals surface area contributed by atoms with E-state index in [0.29, 0.717) is 0 Å². The molecule has 156 valence electrons. The fraction of sp³-hybridized carbons (Fsp3) is 0.143. The van der Waals surface area contributed by atoms with Crippen LogP contribution in [0, 0.1) is 13.8 Å². The van der Waals surface area contributed by atoms with Crippen molar-refractivity contribution in [1.82, 2.24) is 0 Å². The Labute approximate surface area is 185 Å². The Hall–Kier alpha value is -3.09. The van der Waals surface area contributed by atoms with Gasteiger partial charge in [0.15, 0.2) is 0 Å².